The molecule has 1 aliphatic heterocycles. The molecule has 28 heavy (non-hydrogen) atoms. The molecular weight excluding hydrogens is 374 g/mol. The maximum Gasteiger partial charge on any atom is 0.239 e. The van der Waals surface area contributed by atoms with Gasteiger partial charge in [-0.15, -0.1) is 6.58 Å². The van der Waals surface area contributed by atoms with Crippen molar-refractivity contribution in [1.29, 1.82) is 0 Å². The predicted molar refractivity (Wildman–Crippen MR) is 112 cm³/mol. The first-order chi connectivity index (χ1) is 13.5. The highest BCUT2D eigenvalue weighted by Crippen LogP contribution is 2.20. The van der Waals surface area contributed by atoms with Gasteiger partial charge < -0.3 is 10.2 Å². The average Bonchev–Trinajstić information content (AvgIpc) is 2.70. The van der Waals surface area contributed by atoms with Crippen molar-refractivity contribution in [3.05, 3.63) is 67.3 Å². The van der Waals surface area contributed by atoms with Crippen molar-refractivity contribution in [2.75, 3.05) is 48.7 Å². The summed E-state index contributed by atoms with van der Waals surface area (Å²) in [6.07, 6.45) is 1.92. The zero-order valence-corrected chi connectivity index (χ0v) is 16.6. The molecule has 0 bridgehead atoms. The second kappa shape index (κ2) is 9.03. The topological polar surface area (TPSA) is 69.7 Å². The van der Waals surface area contributed by atoms with Crippen LogP contribution in [-0.2, 0) is 14.6 Å². The molecular formula is C21H25N3O3S. The Morgan fingerprint density at radius 3 is 2.25 bits per heavy atom. The summed E-state index contributed by atoms with van der Waals surface area (Å²) in [5.41, 5.74) is 1.68. The number of piperazine rings is 1. The van der Waals surface area contributed by atoms with E-state index in [0.29, 0.717) is 5.69 Å². The summed E-state index contributed by atoms with van der Waals surface area (Å²) in [7, 11) is -3.65. The fourth-order valence-corrected chi connectivity index (χ4v) is 4.36. The second-order valence-electron chi connectivity index (χ2n) is 6.74. The Morgan fingerprint density at radius 1 is 1.00 bits per heavy atom. The number of nitrogens with one attached hydrogen (secondary N) is 1. The number of hydrogen-bond donors (Lipinski definition) is 1. The molecule has 1 amide bonds. The van der Waals surface area contributed by atoms with E-state index in [1.54, 1.807) is 30.3 Å². The zero-order chi connectivity index (χ0) is 20.0. The van der Waals surface area contributed by atoms with Crippen LogP contribution < -0.4 is 10.2 Å². The van der Waals surface area contributed by atoms with Gasteiger partial charge >= 0.3 is 0 Å². The van der Waals surface area contributed by atoms with Crippen molar-refractivity contribution in [3.8, 4) is 0 Å². The normalized spacial score (nSPS) is 15.2. The van der Waals surface area contributed by atoms with E-state index in [9.17, 15) is 13.2 Å². The van der Waals surface area contributed by atoms with Crippen LogP contribution in [0, 0.1) is 0 Å². The van der Waals surface area contributed by atoms with Crippen molar-refractivity contribution in [3.63, 3.8) is 0 Å². The van der Waals surface area contributed by atoms with E-state index in [2.05, 4.69) is 21.7 Å². The molecule has 0 radical (unpaired) electrons. The van der Waals surface area contributed by atoms with E-state index in [-0.39, 0.29) is 4.90 Å². The Bertz CT molecular complexity index is 904. The maximum absolute atomic E-state index is 12.3. The van der Waals surface area contributed by atoms with E-state index in [0.717, 1.165) is 38.4 Å². The number of sulfone groups is 1. The lowest BCUT2D eigenvalue weighted by atomic mass is 10.2. The summed E-state index contributed by atoms with van der Waals surface area (Å²) in [6.45, 7) is 8.54. The van der Waals surface area contributed by atoms with Crippen LogP contribution in [0.2, 0.25) is 0 Å². The quantitative estimate of drug-likeness (QED) is 0.724. The standard InChI is InChI=1S/C21H25N3O3S/c1-2-12-23-13-15-24(16-14-23)19-10-8-18(9-11-19)22-21(25)17-28(26,27)20-6-4-3-5-7-20/h2-11H,1,12-17H2,(H,22,25). The molecule has 0 aliphatic carbocycles. The Labute approximate surface area is 166 Å². The van der Waals surface area contributed by atoms with Gasteiger partial charge in [-0.1, -0.05) is 24.3 Å². The highest BCUT2D eigenvalue weighted by Gasteiger charge is 2.19. The number of nitrogens with zero attached hydrogens (tertiary/aromatic N) is 2. The maximum atomic E-state index is 12.3. The molecule has 2 aromatic rings. The third kappa shape index (κ3) is 5.21. The smallest absolute Gasteiger partial charge is 0.239 e. The molecule has 6 nitrogen and oxygen atoms in total. The molecule has 1 saturated heterocycles. The van der Waals surface area contributed by atoms with Gasteiger partial charge in [0, 0.05) is 44.1 Å². The minimum absolute atomic E-state index is 0.149. The third-order valence-electron chi connectivity index (χ3n) is 4.70. The first-order valence-electron chi connectivity index (χ1n) is 9.24. The lowest BCUT2D eigenvalue weighted by Crippen LogP contribution is -2.46. The van der Waals surface area contributed by atoms with E-state index in [1.807, 2.05) is 18.2 Å². The first-order valence-corrected chi connectivity index (χ1v) is 10.9. The molecule has 0 unspecified atom stereocenters. The van der Waals surface area contributed by atoms with Gasteiger partial charge in [0.15, 0.2) is 9.84 Å². The number of carbonyl (C=O) groups is 1. The number of anilines is 2. The summed E-state index contributed by atoms with van der Waals surface area (Å²) >= 11 is 0. The monoisotopic (exact) mass is 399 g/mol. The van der Waals surface area contributed by atoms with Crippen LogP contribution in [0.15, 0.2) is 72.1 Å². The molecule has 2 aromatic carbocycles. The molecule has 0 aromatic heterocycles. The minimum atomic E-state index is -3.65. The van der Waals surface area contributed by atoms with E-state index in [1.165, 1.54) is 12.1 Å². The Morgan fingerprint density at radius 2 is 1.64 bits per heavy atom. The molecule has 148 valence electrons. The second-order valence-corrected chi connectivity index (χ2v) is 8.73. The van der Waals surface area contributed by atoms with Crippen LogP contribution in [0.1, 0.15) is 0 Å². The molecule has 1 fully saturated rings. The van der Waals surface area contributed by atoms with Crippen molar-refractivity contribution < 1.29 is 13.2 Å². The largest absolute Gasteiger partial charge is 0.369 e. The zero-order valence-electron chi connectivity index (χ0n) is 15.8. The summed E-state index contributed by atoms with van der Waals surface area (Å²) in [5, 5.41) is 2.67. The molecule has 1 heterocycles. The molecule has 1 aliphatic rings. The third-order valence-corrected chi connectivity index (χ3v) is 6.33. The molecule has 0 atom stereocenters. The molecule has 1 N–H and O–H groups in total. The van der Waals surface area contributed by atoms with Gasteiger partial charge in [-0.2, -0.15) is 0 Å². The van der Waals surface area contributed by atoms with Crippen LogP contribution in [-0.4, -0.2) is 57.7 Å². The first kappa shape index (κ1) is 20.1. The number of amides is 1. The lowest BCUT2D eigenvalue weighted by Gasteiger charge is -2.35. The van der Waals surface area contributed by atoms with E-state index < -0.39 is 21.5 Å². The van der Waals surface area contributed by atoms with Gasteiger partial charge in [0.2, 0.25) is 5.91 Å². The fraction of sp³-hybridized carbons (Fsp3) is 0.286. The number of hydrogen-bond acceptors (Lipinski definition) is 5. The van der Waals surface area contributed by atoms with Gasteiger partial charge in [-0.25, -0.2) is 8.42 Å². The van der Waals surface area contributed by atoms with Crippen LogP contribution in [0.5, 0.6) is 0 Å². The van der Waals surface area contributed by atoms with Gasteiger partial charge in [0.25, 0.3) is 0 Å². The molecule has 0 spiro atoms. The van der Waals surface area contributed by atoms with Crippen LogP contribution in [0.25, 0.3) is 0 Å². The minimum Gasteiger partial charge on any atom is -0.369 e. The van der Waals surface area contributed by atoms with Crippen LogP contribution >= 0.6 is 0 Å². The van der Waals surface area contributed by atoms with E-state index >= 15 is 0 Å². The fourth-order valence-electron chi connectivity index (χ4n) is 3.21. The van der Waals surface area contributed by atoms with Crippen LogP contribution in [0.3, 0.4) is 0 Å². The SMILES string of the molecule is C=CCN1CCN(c2ccc(NC(=O)CS(=O)(=O)c3ccccc3)cc2)CC1. The molecule has 7 heteroatoms. The molecule has 0 saturated carbocycles. The van der Waals surface area contributed by atoms with Gasteiger partial charge in [0.05, 0.1) is 4.90 Å². The molecule has 3 rings (SSSR count). The predicted octanol–water partition coefficient (Wildman–Crippen LogP) is 2.41. The van der Waals surface area contributed by atoms with E-state index in [4.69, 9.17) is 0 Å². The van der Waals surface area contributed by atoms with Gasteiger partial charge in [-0.05, 0) is 36.4 Å². The van der Waals surface area contributed by atoms with Crippen molar-refractivity contribution in [2.24, 2.45) is 0 Å². The van der Waals surface area contributed by atoms with Gasteiger partial charge in [0.1, 0.15) is 5.75 Å². The number of carbonyl (C=O) groups excluding carboxylic acids is 1. The Balaban J connectivity index is 1.56. The summed E-state index contributed by atoms with van der Waals surface area (Å²) < 4.78 is 24.6. The number of rotatable bonds is 7. The van der Waals surface area contributed by atoms with Crippen molar-refractivity contribution in [2.45, 2.75) is 4.90 Å². The average molecular weight is 400 g/mol. The Hall–Kier alpha value is -2.64. The van der Waals surface area contributed by atoms with Crippen molar-refractivity contribution >= 4 is 27.1 Å². The summed E-state index contributed by atoms with van der Waals surface area (Å²) in [4.78, 5) is 17.0. The highest BCUT2D eigenvalue weighted by atomic mass is 32.2. The van der Waals surface area contributed by atoms with Crippen molar-refractivity contribution in [1.82, 2.24) is 4.90 Å². The van der Waals surface area contributed by atoms with Gasteiger partial charge in [-0.3, -0.25) is 9.69 Å². The van der Waals surface area contributed by atoms with Crippen LogP contribution in [0.4, 0.5) is 11.4 Å². The number of benzene rings is 2. The summed E-state index contributed by atoms with van der Waals surface area (Å²) in [6, 6.07) is 15.5. The summed E-state index contributed by atoms with van der Waals surface area (Å²) in [5.74, 6) is -1.13. The Kier molecular flexibility index (Phi) is 6.49. The lowest BCUT2D eigenvalue weighted by molar-refractivity contribution is -0.113. The highest BCUT2D eigenvalue weighted by molar-refractivity contribution is 7.92.